The fourth-order valence-corrected chi connectivity index (χ4v) is 1.38. The van der Waals surface area contributed by atoms with Crippen molar-refractivity contribution < 1.29 is 4.74 Å². The first kappa shape index (κ1) is 10.9. The Labute approximate surface area is 98.0 Å². The predicted octanol–water partition coefficient (Wildman–Crippen LogP) is 2.53. The predicted molar refractivity (Wildman–Crippen MR) is 59.6 cm³/mol. The van der Waals surface area contributed by atoms with Crippen molar-refractivity contribution in [2.45, 2.75) is 19.9 Å². The van der Waals surface area contributed by atoms with Gasteiger partial charge in [0.2, 0.25) is 0 Å². The normalized spacial score (nSPS) is 10.4. The van der Waals surface area contributed by atoms with Crippen LogP contribution < -0.4 is 4.74 Å². The van der Waals surface area contributed by atoms with Gasteiger partial charge in [0.15, 0.2) is 10.9 Å². The van der Waals surface area contributed by atoms with Crippen LogP contribution in [0.2, 0.25) is 5.15 Å². The van der Waals surface area contributed by atoms with Gasteiger partial charge >= 0.3 is 0 Å². The number of hydrogen-bond acceptors (Lipinski definition) is 4. The second-order valence-corrected chi connectivity index (χ2v) is 3.55. The van der Waals surface area contributed by atoms with Gasteiger partial charge in [-0.05, 0) is 6.42 Å². The van der Waals surface area contributed by atoms with E-state index in [0.29, 0.717) is 11.6 Å². The summed E-state index contributed by atoms with van der Waals surface area (Å²) in [6.07, 6.45) is 7.48. The van der Waals surface area contributed by atoms with Gasteiger partial charge in [-0.1, -0.05) is 18.5 Å². The molecule has 0 aliphatic heterocycles. The van der Waals surface area contributed by atoms with E-state index in [2.05, 4.69) is 22.0 Å². The summed E-state index contributed by atoms with van der Waals surface area (Å²) in [7, 11) is 0. The molecule has 0 saturated heterocycles. The molecule has 2 aromatic heterocycles. The Morgan fingerprint density at radius 1 is 1.38 bits per heavy atom. The maximum absolute atomic E-state index is 5.82. The molecule has 5 nitrogen and oxygen atoms in total. The molecular weight excluding hydrogens is 228 g/mol. The first-order valence-corrected chi connectivity index (χ1v) is 5.34. The third-order valence-corrected chi connectivity index (χ3v) is 2.16. The number of nitrogens with zero attached hydrogens (tertiary/aromatic N) is 4. The highest BCUT2D eigenvalue weighted by Crippen LogP contribution is 2.23. The van der Waals surface area contributed by atoms with Crippen molar-refractivity contribution in [3.63, 3.8) is 0 Å². The standard InChI is InChI=1S/C10H11ClN4O/c1-2-5-15-7-8(6-14-15)16-10-9(11)12-3-4-13-10/h3-4,6-7H,2,5H2,1H3. The monoisotopic (exact) mass is 238 g/mol. The zero-order chi connectivity index (χ0) is 11.4. The second-order valence-electron chi connectivity index (χ2n) is 3.19. The van der Waals surface area contributed by atoms with Crippen LogP contribution in [0.4, 0.5) is 0 Å². The zero-order valence-corrected chi connectivity index (χ0v) is 9.55. The number of halogens is 1. The topological polar surface area (TPSA) is 52.8 Å². The van der Waals surface area contributed by atoms with Gasteiger partial charge in [-0.2, -0.15) is 5.10 Å². The van der Waals surface area contributed by atoms with Crippen molar-refractivity contribution in [1.82, 2.24) is 19.7 Å². The number of hydrogen-bond donors (Lipinski definition) is 0. The molecule has 84 valence electrons. The van der Waals surface area contributed by atoms with Gasteiger partial charge in [0.1, 0.15) is 0 Å². The minimum absolute atomic E-state index is 0.241. The first-order valence-electron chi connectivity index (χ1n) is 4.96. The lowest BCUT2D eigenvalue weighted by molar-refractivity contribution is 0.459. The van der Waals surface area contributed by atoms with Crippen molar-refractivity contribution in [3.05, 3.63) is 29.9 Å². The van der Waals surface area contributed by atoms with E-state index in [0.717, 1.165) is 13.0 Å². The Kier molecular flexibility index (Phi) is 3.36. The van der Waals surface area contributed by atoms with Crippen LogP contribution in [0.3, 0.4) is 0 Å². The summed E-state index contributed by atoms with van der Waals surface area (Å²) in [4.78, 5) is 7.84. The van der Waals surface area contributed by atoms with E-state index in [9.17, 15) is 0 Å². The SMILES string of the molecule is CCCn1cc(Oc2nccnc2Cl)cn1. The molecule has 0 aliphatic carbocycles. The molecule has 16 heavy (non-hydrogen) atoms. The molecule has 0 N–H and O–H groups in total. The van der Waals surface area contributed by atoms with Crippen molar-refractivity contribution >= 4 is 11.6 Å². The molecule has 0 radical (unpaired) electrons. The Balaban J connectivity index is 2.11. The molecule has 0 unspecified atom stereocenters. The van der Waals surface area contributed by atoms with Crippen molar-refractivity contribution in [1.29, 1.82) is 0 Å². The van der Waals surface area contributed by atoms with E-state index in [1.54, 1.807) is 17.1 Å². The van der Waals surface area contributed by atoms with Crippen LogP contribution in [-0.2, 0) is 6.54 Å². The summed E-state index contributed by atoms with van der Waals surface area (Å²) < 4.78 is 7.25. The summed E-state index contributed by atoms with van der Waals surface area (Å²) in [5.41, 5.74) is 0. The number of aryl methyl sites for hydroxylation is 1. The maximum atomic E-state index is 5.82. The van der Waals surface area contributed by atoms with E-state index in [4.69, 9.17) is 16.3 Å². The van der Waals surface area contributed by atoms with Crippen LogP contribution >= 0.6 is 11.6 Å². The summed E-state index contributed by atoms with van der Waals surface area (Å²) in [5.74, 6) is 0.899. The lowest BCUT2D eigenvalue weighted by atomic mass is 10.5. The molecule has 6 heteroatoms. The molecular formula is C10H11ClN4O. The fourth-order valence-electron chi connectivity index (χ4n) is 1.24. The number of rotatable bonds is 4. The van der Waals surface area contributed by atoms with Gasteiger partial charge in [-0.25, -0.2) is 9.97 Å². The van der Waals surface area contributed by atoms with Gasteiger partial charge in [0, 0.05) is 18.9 Å². The second kappa shape index (κ2) is 4.94. The van der Waals surface area contributed by atoms with Crippen LogP contribution in [0.1, 0.15) is 13.3 Å². The number of ether oxygens (including phenoxy) is 1. The molecule has 0 aliphatic rings. The van der Waals surface area contributed by atoms with Gasteiger partial charge in [0.05, 0.1) is 12.4 Å². The minimum Gasteiger partial charge on any atom is -0.433 e. The Bertz CT molecular complexity index is 471. The molecule has 0 amide bonds. The number of aromatic nitrogens is 4. The highest BCUT2D eigenvalue weighted by Gasteiger charge is 2.06. The van der Waals surface area contributed by atoms with Crippen LogP contribution in [0.5, 0.6) is 11.6 Å². The average Bonchev–Trinajstić information content (AvgIpc) is 2.70. The van der Waals surface area contributed by atoms with E-state index in [1.807, 2.05) is 0 Å². The van der Waals surface area contributed by atoms with Gasteiger partial charge < -0.3 is 4.74 Å². The molecule has 0 spiro atoms. The molecule has 0 bridgehead atoms. The highest BCUT2D eigenvalue weighted by molar-refractivity contribution is 6.30. The molecule has 0 saturated carbocycles. The van der Waals surface area contributed by atoms with E-state index in [-0.39, 0.29) is 5.15 Å². The van der Waals surface area contributed by atoms with Gasteiger partial charge in [-0.3, -0.25) is 4.68 Å². The molecule has 2 heterocycles. The fraction of sp³-hybridized carbons (Fsp3) is 0.300. The molecule has 2 aromatic rings. The van der Waals surface area contributed by atoms with Crippen molar-refractivity contribution in [2.75, 3.05) is 0 Å². The molecule has 0 fully saturated rings. The lowest BCUT2D eigenvalue weighted by Crippen LogP contribution is -1.95. The largest absolute Gasteiger partial charge is 0.433 e. The minimum atomic E-state index is 0.241. The van der Waals surface area contributed by atoms with Crippen LogP contribution in [0.25, 0.3) is 0 Å². The van der Waals surface area contributed by atoms with Crippen LogP contribution in [0, 0.1) is 0 Å². The molecule has 2 rings (SSSR count). The third-order valence-electron chi connectivity index (χ3n) is 1.90. The Hall–Kier alpha value is -1.62. The van der Waals surface area contributed by atoms with E-state index in [1.165, 1.54) is 12.4 Å². The third kappa shape index (κ3) is 2.49. The summed E-state index contributed by atoms with van der Waals surface area (Å²) in [5, 5.41) is 4.37. The quantitative estimate of drug-likeness (QED) is 0.821. The molecule has 0 aromatic carbocycles. The highest BCUT2D eigenvalue weighted by atomic mass is 35.5. The lowest BCUT2D eigenvalue weighted by Gasteiger charge is -2.01. The van der Waals surface area contributed by atoms with Crippen LogP contribution in [0.15, 0.2) is 24.8 Å². The van der Waals surface area contributed by atoms with Gasteiger partial charge in [-0.15, -0.1) is 0 Å². The summed E-state index contributed by atoms with van der Waals surface area (Å²) in [6.45, 7) is 2.94. The Morgan fingerprint density at radius 2 is 2.19 bits per heavy atom. The molecule has 0 atom stereocenters. The van der Waals surface area contributed by atoms with Crippen molar-refractivity contribution in [2.24, 2.45) is 0 Å². The van der Waals surface area contributed by atoms with Gasteiger partial charge in [0.25, 0.3) is 5.88 Å². The smallest absolute Gasteiger partial charge is 0.257 e. The average molecular weight is 239 g/mol. The summed E-state index contributed by atoms with van der Waals surface area (Å²) in [6, 6.07) is 0. The zero-order valence-electron chi connectivity index (χ0n) is 8.80. The Morgan fingerprint density at radius 3 is 2.94 bits per heavy atom. The van der Waals surface area contributed by atoms with Crippen LogP contribution in [-0.4, -0.2) is 19.7 Å². The first-order chi connectivity index (χ1) is 7.79. The summed E-state index contributed by atoms with van der Waals surface area (Å²) >= 11 is 5.82. The van der Waals surface area contributed by atoms with E-state index < -0.39 is 0 Å². The van der Waals surface area contributed by atoms with E-state index >= 15 is 0 Å². The van der Waals surface area contributed by atoms with Crippen molar-refractivity contribution in [3.8, 4) is 11.6 Å². The maximum Gasteiger partial charge on any atom is 0.257 e.